The summed E-state index contributed by atoms with van der Waals surface area (Å²) in [5.74, 6) is -0.559. The Morgan fingerprint density at radius 3 is 2.16 bits per heavy atom. The molecule has 0 saturated heterocycles. The van der Waals surface area contributed by atoms with Crippen LogP contribution in [0.15, 0.2) is 29.4 Å². The Balaban J connectivity index is 1.97. The topological polar surface area (TPSA) is 185 Å². The highest BCUT2D eigenvalue weighted by Gasteiger charge is 2.07. The molecule has 2 amide bonds. The van der Waals surface area contributed by atoms with Crippen molar-refractivity contribution < 1.29 is 23.8 Å². The van der Waals surface area contributed by atoms with Gasteiger partial charge in [0, 0.05) is 42.1 Å². The van der Waals surface area contributed by atoms with Crippen LogP contribution in [0.5, 0.6) is 0 Å². The number of rotatable bonds is 17. The summed E-state index contributed by atoms with van der Waals surface area (Å²) < 4.78 is 15.8. The Kier molecular flexibility index (Phi) is 13.8. The van der Waals surface area contributed by atoms with E-state index in [-0.39, 0.29) is 30.5 Å². The van der Waals surface area contributed by atoms with E-state index in [4.69, 9.17) is 30.9 Å². The predicted octanol–water partition coefficient (Wildman–Crippen LogP) is 1.17. The van der Waals surface area contributed by atoms with Gasteiger partial charge < -0.3 is 30.6 Å². The lowest BCUT2D eigenvalue weighted by Gasteiger charge is -2.08. The molecule has 1 aromatic carbocycles. The molecule has 0 aliphatic heterocycles. The molecular formula is C19H29N7O5. The van der Waals surface area contributed by atoms with Crippen LogP contribution in [0.2, 0.25) is 0 Å². The van der Waals surface area contributed by atoms with E-state index in [2.05, 4.69) is 20.7 Å². The Bertz CT molecular complexity index is 736. The minimum atomic E-state index is -0.277. The van der Waals surface area contributed by atoms with Crippen LogP contribution in [0.1, 0.15) is 18.4 Å². The number of nitrogens with two attached hydrogens (primary N) is 1. The lowest BCUT2D eigenvalue weighted by molar-refractivity contribution is -0.124. The molecule has 31 heavy (non-hydrogen) atoms. The minimum absolute atomic E-state index is 0.0453. The molecule has 0 aliphatic rings. The van der Waals surface area contributed by atoms with Gasteiger partial charge in [-0.1, -0.05) is 5.11 Å². The van der Waals surface area contributed by atoms with Crippen LogP contribution in [0.25, 0.3) is 10.4 Å². The molecule has 12 nitrogen and oxygen atoms in total. The summed E-state index contributed by atoms with van der Waals surface area (Å²) in [5.41, 5.74) is 14.6. The first-order chi connectivity index (χ1) is 15.0. The number of azide groups is 1. The molecule has 0 radical (unpaired) electrons. The van der Waals surface area contributed by atoms with E-state index in [0.29, 0.717) is 64.0 Å². The second-order valence-electron chi connectivity index (χ2n) is 6.18. The fraction of sp³-hybridized carbons (Fsp3) is 0.526. The maximum Gasteiger partial charge on any atom is 0.224 e. The molecule has 170 valence electrons. The van der Waals surface area contributed by atoms with Crippen molar-refractivity contribution >= 4 is 23.3 Å². The molecule has 0 aliphatic carbocycles. The second-order valence-corrected chi connectivity index (χ2v) is 6.18. The summed E-state index contributed by atoms with van der Waals surface area (Å²) >= 11 is 0. The number of carbonyl (C=O) groups is 2. The minimum Gasteiger partial charge on any atom is -0.384 e. The van der Waals surface area contributed by atoms with Gasteiger partial charge in [-0.3, -0.25) is 15.0 Å². The van der Waals surface area contributed by atoms with Crippen molar-refractivity contribution in [1.82, 2.24) is 5.32 Å². The van der Waals surface area contributed by atoms with Gasteiger partial charge in [-0.25, -0.2) is 0 Å². The van der Waals surface area contributed by atoms with Crippen LogP contribution in [0.4, 0.5) is 5.69 Å². The summed E-state index contributed by atoms with van der Waals surface area (Å²) in [5, 5.41) is 16.0. The largest absolute Gasteiger partial charge is 0.384 e. The number of amides is 2. The van der Waals surface area contributed by atoms with Gasteiger partial charge in [0.05, 0.1) is 39.6 Å². The molecule has 0 aromatic heterocycles. The highest BCUT2D eigenvalue weighted by atomic mass is 16.5. The van der Waals surface area contributed by atoms with Crippen molar-refractivity contribution in [1.29, 1.82) is 5.41 Å². The van der Waals surface area contributed by atoms with Gasteiger partial charge >= 0.3 is 0 Å². The molecule has 1 rings (SSSR count). The highest BCUT2D eigenvalue weighted by Crippen LogP contribution is 2.09. The first-order valence-corrected chi connectivity index (χ1v) is 9.78. The number of hydrogen-bond acceptors (Lipinski definition) is 7. The molecule has 12 heteroatoms. The number of hydrogen-bond donors (Lipinski definition) is 4. The first kappa shape index (κ1) is 25.9. The number of benzene rings is 1. The van der Waals surface area contributed by atoms with Gasteiger partial charge in [0.15, 0.2) is 0 Å². The third-order valence-corrected chi connectivity index (χ3v) is 3.77. The van der Waals surface area contributed by atoms with Gasteiger partial charge in [0.2, 0.25) is 11.8 Å². The van der Waals surface area contributed by atoms with Gasteiger partial charge in [0.25, 0.3) is 0 Å². The number of amidine groups is 1. The van der Waals surface area contributed by atoms with Gasteiger partial charge in [0.1, 0.15) is 5.84 Å². The Labute approximate surface area is 180 Å². The number of nitrogens with zero attached hydrogens (tertiary/aromatic N) is 3. The molecule has 1 aromatic rings. The van der Waals surface area contributed by atoms with E-state index in [0.717, 1.165) is 0 Å². The zero-order chi connectivity index (χ0) is 22.7. The van der Waals surface area contributed by atoms with Crippen molar-refractivity contribution in [3.63, 3.8) is 0 Å². The van der Waals surface area contributed by atoms with Crippen molar-refractivity contribution in [3.8, 4) is 0 Å². The third kappa shape index (κ3) is 13.6. The predicted molar refractivity (Wildman–Crippen MR) is 115 cm³/mol. The maximum atomic E-state index is 11.9. The van der Waals surface area contributed by atoms with Crippen LogP contribution in [0.3, 0.4) is 0 Å². The van der Waals surface area contributed by atoms with Gasteiger partial charge in [-0.15, -0.1) is 0 Å². The number of nitrogen functional groups attached to an aromatic ring is 1. The Morgan fingerprint density at radius 2 is 1.55 bits per heavy atom. The van der Waals surface area contributed by atoms with Crippen molar-refractivity contribution in [2.45, 2.75) is 12.8 Å². The van der Waals surface area contributed by atoms with Crippen LogP contribution in [0, 0.1) is 5.41 Å². The summed E-state index contributed by atoms with van der Waals surface area (Å²) in [6, 6.07) is 6.57. The molecular weight excluding hydrogens is 406 g/mol. The van der Waals surface area contributed by atoms with Gasteiger partial charge in [-0.05, 0) is 29.8 Å². The zero-order valence-electron chi connectivity index (χ0n) is 17.3. The van der Waals surface area contributed by atoms with E-state index in [1.165, 1.54) is 0 Å². The van der Waals surface area contributed by atoms with E-state index in [9.17, 15) is 9.59 Å². The molecule has 0 heterocycles. The summed E-state index contributed by atoms with van der Waals surface area (Å²) in [7, 11) is 0. The first-order valence-electron chi connectivity index (χ1n) is 9.78. The van der Waals surface area contributed by atoms with E-state index < -0.39 is 0 Å². The lowest BCUT2D eigenvalue weighted by Crippen LogP contribution is -2.28. The number of anilines is 1. The zero-order valence-corrected chi connectivity index (χ0v) is 17.3. The molecule has 0 saturated carbocycles. The molecule has 0 spiro atoms. The summed E-state index contributed by atoms with van der Waals surface area (Å²) in [6.45, 7) is 2.96. The van der Waals surface area contributed by atoms with E-state index >= 15 is 0 Å². The lowest BCUT2D eigenvalue weighted by atomic mass is 10.2. The second kappa shape index (κ2) is 16.6. The normalized spacial score (nSPS) is 10.2. The van der Waals surface area contributed by atoms with E-state index in [1.54, 1.807) is 24.3 Å². The van der Waals surface area contributed by atoms with Crippen molar-refractivity contribution in [3.05, 3.63) is 40.3 Å². The number of nitrogens with one attached hydrogen (secondary N) is 3. The smallest absolute Gasteiger partial charge is 0.224 e. The van der Waals surface area contributed by atoms with Crippen LogP contribution in [-0.2, 0) is 23.8 Å². The van der Waals surface area contributed by atoms with Gasteiger partial charge in [-0.2, -0.15) is 0 Å². The average Bonchev–Trinajstić information content (AvgIpc) is 2.76. The van der Waals surface area contributed by atoms with Crippen molar-refractivity contribution in [2.24, 2.45) is 10.8 Å². The number of carbonyl (C=O) groups excluding carboxylic acids is 2. The van der Waals surface area contributed by atoms with E-state index in [1.807, 2.05) is 0 Å². The fourth-order valence-corrected chi connectivity index (χ4v) is 2.23. The maximum absolute atomic E-state index is 11.9. The number of ether oxygens (including phenoxy) is 3. The molecule has 5 N–H and O–H groups in total. The third-order valence-electron chi connectivity index (χ3n) is 3.77. The monoisotopic (exact) mass is 435 g/mol. The van der Waals surface area contributed by atoms with Crippen LogP contribution >= 0.6 is 0 Å². The average molecular weight is 435 g/mol. The SMILES string of the molecule is [N-]=[N+]=NCCOCCOCCOCCNC(=O)CCC(=O)Nc1ccc(C(=N)N)cc1. The van der Waals surface area contributed by atoms with Crippen LogP contribution < -0.4 is 16.4 Å². The molecule has 0 bridgehead atoms. The summed E-state index contributed by atoms with van der Waals surface area (Å²) in [6.07, 6.45) is 0.125. The standard InChI is InChI=1S/C19H29N7O5/c20-19(21)15-1-3-16(4-2-15)25-18(28)6-5-17(27)23-7-9-29-11-13-31-14-12-30-10-8-24-26-22/h1-4H,5-14H2,(H3,20,21)(H,23,27)(H,25,28). The Hall–Kier alpha value is -3.18. The van der Waals surface area contributed by atoms with Crippen molar-refractivity contribution in [2.75, 3.05) is 58.0 Å². The molecule has 0 unspecified atom stereocenters. The van der Waals surface area contributed by atoms with Crippen LogP contribution in [-0.4, -0.2) is 70.4 Å². The Morgan fingerprint density at radius 1 is 0.968 bits per heavy atom. The molecule has 0 atom stereocenters. The quantitative estimate of drug-likeness (QED) is 0.0710. The highest BCUT2D eigenvalue weighted by molar-refractivity contribution is 5.96. The fourth-order valence-electron chi connectivity index (χ4n) is 2.23. The summed E-state index contributed by atoms with van der Waals surface area (Å²) in [4.78, 5) is 26.3. The molecule has 0 fully saturated rings.